The molecule has 0 amide bonds. The Hall–Kier alpha value is 0.394. The first-order chi connectivity index (χ1) is 3.85. The maximum absolute atomic E-state index is 2.59. The van der Waals surface area contributed by atoms with E-state index in [9.17, 15) is 0 Å². The molecule has 0 aliphatic carbocycles. The molecule has 0 saturated carbocycles. The molecule has 3 heteroatoms. The van der Waals surface area contributed by atoms with Gasteiger partial charge in [0.15, 0.2) is 0 Å². The van der Waals surface area contributed by atoms with Crippen molar-refractivity contribution in [2.45, 2.75) is 32.7 Å². The lowest BCUT2D eigenvalue weighted by molar-refractivity contribution is 0.784. The summed E-state index contributed by atoms with van der Waals surface area (Å²) in [7, 11) is 1.14. The van der Waals surface area contributed by atoms with Crippen LogP contribution in [0.15, 0.2) is 0 Å². The van der Waals surface area contributed by atoms with Crippen molar-refractivity contribution in [3.8, 4) is 0 Å². The van der Waals surface area contributed by atoms with Crippen molar-refractivity contribution >= 4 is 17.2 Å². The summed E-state index contributed by atoms with van der Waals surface area (Å²) in [4.78, 5) is 0. The van der Waals surface area contributed by atoms with Crippen molar-refractivity contribution in [3.05, 3.63) is 0 Å². The molecule has 0 aliphatic heterocycles. The Morgan fingerprint density at radius 3 is 1.44 bits per heavy atom. The van der Waals surface area contributed by atoms with Crippen LogP contribution in [0.5, 0.6) is 0 Å². The maximum Gasteiger partial charge on any atom is 0.0824 e. The summed E-state index contributed by atoms with van der Waals surface area (Å²) in [5, 5.41) is 0. The Morgan fingerprint density at radius 1 is 1.11 bits per heavy atom. The van der Waals surface area contributed by atoms with E-state index >= 15 is 0 Å². The van der Waals surface area contributed by atoms with E-state index in [-0.39, 0.29) is 8.96 Å². The van der Waals surface area contributed by atoms with Crippen LogP contribution in [0.1, 0.15) is 0 Å². The topological polar surface area (TPSA) is 3.24 Å². The molecule has 0 aliphatic rings. The van der Waals surface area contributed by atoms with Crippen molar-refractivity contribution in [2.24, 2.45) is 0 Å². The van der Waals surface area contributed by atoms with Gasteiger partial charge in [0.25, 0.3) is 0 Å². The van der Waals surface area contributed by atoms with Gasteiger partial charge < -0.3 is 4.23 Å². The van der Waals surface area contributed by atoms with Crippen LogP contribution in [0.3, 0.4) is 0 Å². The summed E-state index contributed by atoms with van der Waals surface area (Å²) in [5.74, 6) is 0. The van der Waals surface area contributed by atoms with Crippen LogP contribution in [0.4, 0.5) is 0 Å². The van der Waals surface area contributed by atoms with Crippen LogP contribution in [0.2, 0.25) is 32.7 Å². The standard InChI is InChI=1S/C6H18NSi2/c1-7(8(2)3)9(4,5)6/h1-6H3/q-1. The van der Waals surface area contributed by atoms with Crippen LogP contribution in [-0.4, -0.2) is 28.5 Å². The summed E-state index contributed by atoms with van der Waals surface area (Å²) in [6.07, 6.45) is 0. The average Bonchev–Trinajstić information content (AvgIpc) is 1.62. The molecule has 0 saturated heterocycles. The van der Waals surface area contributed by atoms with Gasteiger partial charge in [-0.3, -0.25) is 0 Å². The van der Waals surface area contributed by atoms with E-state index in [1.54, 1.807) is 0 Å². The Bertz CT molecular complexity index is 85.5. The smallest absolute Gasteiger partial charge is 0.0824 e. The van der Waals surface area contributed by atoms with E-state index < -0.39 is 8.24 Å². The monoisotopic (exact) mass is 160 g/mol. The molecule has 0 bridgehead atoms. The summed E-state index contributed by atoms with van der Waals surface area (Å²) in [6, 6.07) is 0. The van der Waals surface area contributed by atoms with E-state index in [2.05, 4.69) is 44.0 Å². The van der Waals surface area contributed by atoms with Gasteiger partial charge in [-0.1, -0.05) is 26.7 Å². The second-order valence-electron chi connectivity index (χ2n) is 3.68. The molecule has 0 atom stereocenters. The minimum Gasteiger partial charge on any atom is -0.499 e. The van der Waals surface area contributed by atoms with Gasteiger partial charge in [0.05, 0.1) is 8.24 Å². The number of hydrogen-bond acceptors (Lipinski definition) is 1. The molecular formula is C6H18NSi2-. The van der Waals surface area contributed by atoms with Crippen LogP contribution in [-0.2, 0) is 0 Å². The van der Waals surface area contributed by atoms with Gasteiger partial charge in [0, 0.05) is 0 Å². The summed E-state index contributed by atoms with van der Waals surface area (Å²) >= 11 is 0. The van der Waals surface area contributed by atoms with Crippen LogP contribution >= 0.6 is 0 Å². The first kappa shape index (κ1) is 9.39. The molecule has 0 N–H and O–H groups in total. The molecule has 0 spiro atoms. The molecule has 0 heterocycles. The van der Waals surface area contributed by atoms with Crippen molar-refractivity contribution in [3.63, 3.8) is 0 Å². The lowest BCUT2D eigenvalue weighted by atomic mass is 11.6. The summed E-state index contributed by atoms with van der Waals surface area (Å²) < 4.78 is 2.59. The van der Waals surface area contributed by atoms with E-state index in [4.69, 9.17) is 0 Å². The fourth-order valence-corrected chi connectivity index (χ4v) is 6.04. The Morgan fingerprint density at radius 2 is 1.44 bits per heavy atom. The van der Waals surface area contributed by atoms with E-state index in [0.717, 1.165) is 0 Å². The van der Waals surface area contributed by atoms with Crippen LogP contribution in [0, 0.1) is 0 Å². The van der Waals surface area contributed by atoms with Gasteiger partial charge in [0.2, 0.25) is 0 Å². The van der Waals surface area contributed by atoms with Crippen molar-refractivity contribution < 1.29 is 0 Å². The van der Waals surface area contributed by atoms with Crippen molar-refractivity contribution in [2.75, 3.05) is 7.05 Å². The lowest BCUT2D eigenvalue weighted by Crippen LogP contribution is -2.49. The van der Waals surface area contributed by atoms with Gasteiger partial charge in [-0.15, -0.1) is 0 Å². The zero-order chi connectivity index (χ0) is 7.65. The fraction of sp³-hybridized carbons (Fsp3) is 1.00. The molecule has 0 aromatic carbocycles. The fourth-order valence-electron chi connectivity index (χ4n) is 0.671. The summed E-state index contributed by atoms with van der Waals surface area (Å²) in [5.41, 5.74) is 0. The van der Waals surface area contributed by atoms with Crippen LogP contribution in [0.25, 0.3) is 0 Å². The molecule has 0 radical (unpaired) electrons. The number of nitrogens with zero attached hydrogens (tertiary/aromatic N) is 1. The van der Waals surface area contributed by atoms with Gasteiger partial charge in [-0.05, 0) is 0 Å². The van der Waals surface area contributed by atoms with E-state index in [1.807, 2.05) is 0 Å². The molecule has 56 valence electrons. The lowest BCUT2D eigenvalue weighted by Gasteiger charge is -2.44. The number of hydrogen-bond donors (Lipinski definition) is 0. The Balaban J connectivity index is 3.88. The molecule has 9 heavy (non-hydrogen) atoms. The minimum absolute atomic E-state index is 0.175. The van der Waals surface area contributed by atoms with Gasteiger partial charge in [0.1, 0.15) is 0 Å². The molecule has 0 rings (SSSR count). The zero-order valence-electron chi connectivity index (χ0n) is 7.45. The first-order valence-corrected chi connectivity index (χ1v) is 9.29. The van der Waals surface area contributed by atoms with E-state index in [1.165, 1.54) is 0 Å². The molecule has 1 nitrogen and oxygen atoms in total. The molecule has 0 unspecified atom stereocenters. The van der Waals surface area contributed by atoms with Gasteiger partial charge in [-0.2, -0.15) is 22.1 Å². The highest BCUT2D eigenvalue weighted by atomic mass is 28.4. The second-order valence-corrected chi connectivity index (χ2v) is 11.7. The predicted octanol–water partition coefficient (Wildman–Crippen LogP) is 2.00. The Labute approximate surface area is 61.8 Å². The third-order valence-electron chi connectivity index (χ3n) is 1.68. The molecular weight excluding hydrogens is 142 g/mol. The maximum atomic E-state index is 2.59. The second kappa shape index (κ2) is 2.99. The predicted molar refractivity (Wildman–Crippen MR) is 48.6 cm³/mol. The molecule has 0 aromatic heterocycles. The van der Waals surface area contributed by atoms with Gasteiger partial charge in [-0.25, -0.2) is 0 Å². The van der Waals surface area contributed by atoms with Gasteiger partial charge >= 0.3 is 0 Å². The zero-order valence-corrected chi connectivity index (χ0v) is 9.45. The Kier molecular flexibility index (Phi) is 3.12. The van der Waals surface area contributed by atoms with Crippen LogP contribution < -0.4 is 0 Å². The molecule has 0 fully saturated rings. The quantitative estimate of drug-likeness (QED) is 0.559. The first-order valence-electron chi connectivity index (χ1n) is 3.39. The summed E-state index contributed by atoms with van der Waals surface area (Å²) in [6.45, 7) is 11.9. The van der Waals surface area contributed by atoms with Crippen molar-refractivity contribution in [1.29, 1.82) is 0 Å². The van der Waals surface area contributed by atoms with Crippen molar-refractivity contribution in [1.82, 2.24) is 4.23 Å². The molecule has 0 aromatic rings. The van der Waals surface area contributed by atoms with E-state index in [0.29, 0.717) is 0 Å². The highest BCUT2D eigenvalue weighted by molar-refractivity contribution is 6.82. The average molecular weight is 160 g/mol. The third kappa shape index (κ3) is 3.18. The highest BCUT2D eigenvalue weighted by Crippen LogP contribution is 2.07. The SMILES string of the molecule is CN([Si-](C)C)[Si](C)(C)C. The normalized spacial score (nSPS) is 13.3. The number of rotatable bonds is 2. The minimum atomic E-state index is -0.945. The third-order valence-corrected chi connectivity index (χ3v) is 8.39. The highest BCUT2D eigenvalue weighted by Gasteiger charge is 2.13. The largest absolute Gasteiger partial charge is 0.499 e.